The van der Waals surface area contributed by atoms with Gasteiger partial charge in [0.05, 0.1) is 5.69 Å². The van der Waals surface area contributed by atoms with Crippen LogP contribution < -0.4 is 0 Å². The summed E-state index contributed by atoms with van der Waals surface area (Å²) in [4.78, 5) is 5.02. The highest BCUT2D eigenvalue weighted by Gasteiger charge is 2.29. The van der Waals surface area contributed by atoms with Gasteiger partial charge in [-0.2, -0.15) is 0 Å². The molecule has 0 radical (unpaired) electrons. The van der Waals surface area contributed by atoms with Crippen molar-refractivity contribution in [3.05, 3.63) is 41.5 Å². The Hall–Kier alpha value is -1.57. The van der Waals surface area contributed by atoms with Gasteiger partial charge in [-0.3, -0.25) is 0 Å². The summed E-state index contributed by atoms with van der Waals surface area (Å²) in [5.74, 6) is 0.768. The zero-order valence-electron chi connectivity index (χ0n) is 18.7. The Kier molecular flexibility index (Phi) is 6.90. The molecule has 0 saturated heterocycles. The number of rotatable bonds is 4. The van der Waals surface area contributed by atoms with E-state index >= 15 is 0 Å². The lowest BCUT2D eigenvalue weighted by Gasteiger charge is -2.32. The minimum atomic E-state index is -0.00260. The molecular weight excluding hydrogens is 318 g/mol. The monoisotopic (exact) mass is 357 g/mol. The molecule has 2 nitrogen and oxygen atoms in total. The standard InChI is InChI=1S/C24H39NO/c1-12-14-26-20(13-2)25-21-18(23(6,7)8)15-17(22(3,4)5)16-19(21)24(9,10)11/h12,15-16H,1,13-14H2,2-11H3. The fourth-order valence-corrected chi connectivity index (χ4v) is 2.82. The number of ether oxygens (including phenoxy) is 1. The van der Waals surface area contributed by atoms with Crippen LogP contribution in [0.15, 0.2) is 29.8 Å². The quantitative estimate of drug-likeness (QED) is 0.316. The molecule has 1 rings (SSSR count). The Balaban J connectivity index is 3.84. The molecule has 0 N–H and O–H groups in total. The molecule has 26 heavy (non-hydrogen) atoms. The highest BCUT2D eigenvalue weighted by Crippen LogP contribution is 2.43. The van der Waals surface area contributed by atoms with Crippen molar-refractivity contribution in [2.75, 3.05) is 6.61 Å². The van der Waals surface area contributed by atoms with E-state index in [4.69, 9.17) is 9.73 Å². The molecule has 0 amide bonds. The van der Waals surface area contributed by atoms with E-state index in [9.17, 15) is 0 Å². The largest absolute Gasteiger partial charge is 0.477 e. The predicted octanol–water partition coefficient (Wildman–Crippen LogP) is 7.22. The minimum absolute atomic E-state index is 0.00260. The summed E-state index contributed by atoms with van der Waals surface area (Å²) in [5, 5.41) is 0. The first-order valence-corrected chi connectivity index (χ1v) is 9.72. The zero-order chi connectivity index (χ0) is 20.3. The van der Waals surface area contributed by atoms with Gasteiger partial charge in [0.25, 0.3) is 0 Å². The second kappa shape index (κ2) is 7.98. The molecule has 0 aliphatic carbocycles. The first-order valence-electron chi connectivity index (χ1n) is 9.72. The molecule has 1 aromatic carbocycles. The summed E-state index contributed by atoms with van der Waals surface area (Å²) in [6.07, 6.45) is 2.53. The summed E-state index contributed by atoms with van der Waals surface area (Å²) < 4.78 is 5.81. The van der Waals surface area contributed by atoms with Crippen LogP contribution in [0.3, 0.4) is 0 Å². The summed E-state index contributed by atoms with van der Waals surface area (Å²) in [6, 6.07) is 4.68. The van der Waals surface area contributed by atoms with Crippen molar-refractivity contribution >= 4 is 11.6 Å². The van der Waals surface area contributed by atoms with Crippen molar-refractivity contribution in [2.45, 2.75) is 91.9 Å². The minimum Gasteiger partial charge on any atom is -0.477 e. The molecule has 1 aromatic rings. The van der Waals surface area contributed by atoms with Gasteiger partial charge in [0.1, 0.15) is 6.61 Å². The first kappa shape index (κ1) is 22.5. The molecule has 0 saturated carbocycles. The maximum Gasteiger partial charge on any atom is 0.188 e. The van der Waals surface area contributed by atoms with Crippen LogP contribution >= 0.6 is 0 Å². The van der Waals surface area contributed by atoms with Gasteiger partial charge in [-0.25, -0.2) is 4.99 Å². The number of nitrogens with zero attached hydrogens (tertiary/aromatic N) is 1. The van der Waals surface area contributed by atoms with Crippen LogP contribution in [0.25, 0.3) is 0 Å². The van der Waals surface area contributed by atoms with Crippen LogP contribution in [0.5, 0.6) is 0 Å². The smallest absolute Gasteiger partial charge is 0.188 e. The van der Waals surface area contributed by atoms with Gasteiger partial charge in [0.2, 0.25) is 0 Å². The normalized spacial score (nSPS) is 13.7. The van der Waals surface area contributed by atoms with Gasteiger partial charge >= 0.3 is 0 Å². The number of benzene rings is 1. The third kappa shape index (κ3) is 5.72. The second-order valence-corrected chi connectivity index (χ2v) is 10.1. The van der Waals surface area contributed by atoms with E-state index in [1.807, 2.05) is 0 Å². The Labute approximate surface area is 161 Å². The van der Waals surface area contributed by atoms with Gasteiger partial charge < -0.3 is 4.74 Å². The fourth-order valence-electron chi connectivity index (χ4n) is 2.82. The third-order valence-corrected chi connectivity index (χ3v) is 4.50. The zero-order valence-corrected chi connectivity index (χ0v) is 18.7. The van der Waals surface area contributed by atoms with Crippen molar-refractivity contribution < 1.29 is 4.74 Å². The van der Waals surface area contributed by atoms with Gasteiger partial charge in [0, 0.05) is 6.42 Å². The lowest BCUT2D eigenvalue weighted by atomic mass is 9.74. The number of aliphatic imine (C=N–C) groups is 1. The molecule has 0 aromatic heterocycles. The van der Waals surface area contributed by atoms with E-state index in [-0.39, 0.29) is 16.2 Å². The van der Waals surface area contributed by atoms with E-state index in [0.717, 1.165) is 18.0 Å². The van der Waals surface area contributed by atoms with Crippen molar-refractivity contribution in [1.82, 2.24) is 0 Å². The van der Waals surface area contributed by atoms with E-state index in [2.05, 4.69) is 87.9 Å². The van der Waals surface area contributed by atoms with Crippen molar-refractivity contribution in [3.8, 4) is 0 Å². The van der Waals surface area contributed by atoms with Crippen molar-refractivity contribution in [3.63, 3.8) is 0 Å². The number of hydrogen-bond donors (Lipinski definition) is 0. The van der Waals surface area contributed by atoms with Gasteiger partial charge in [-0.05, 0) is 32.9 Å². The maximum absolute atomic E-state index is 5.81. The molecule has 0 atom stereocenters. The average Bonchev–Trinajstić information content (AvgIpc) is 2.47. The van der Waals surface area contributed by atoms with Crippen LogP contribution in [0.4, 0.5) is 5.69 Å². The molecule has 0 unspecified atom stereocenters. The van der Waals surface area contributed by atoms with Crippen molar-refractivity contribution in [2.24, 2.45) is 4.99 Å². The number of hydrogen-bond acceptors (Lipinski definition) is 2. The highest BCUT2D eigenvalue weighted by atomic mass is 16.5. The Morgan fingerprint density at radius 1 is 0.923 bits per heavy atom. The Morgan fingerprint density at radius 2 is 1.38 bits per heavy atom. The predicted molar refractivity (Wildman–Crippen MR) is 116 cm³/mol. The van der Waals surface area contributed by atoms with E-state index < -0.39 is 0 Å². The Morgan fingerprint density at radius 3 is 1.69 bits per heavy atom. The second-order valence-electron chi connectivity index (χ2n) is 10.1. The molecule has 0 spiro atoms. The lowest BCUT2D eigenvalue weighted by Crippen LogP contribution is -2.21. The Bertz CT molecular complexity index is 626. The summed E-state index contributed by atoms with van der Waals surface area (Å²) in [5.41, 5.74) is 5.07. The van der Waals surface area contributed by atoms with Gasteiger partial charge in [-0.15, -0.1) is 0 Å². The van der Waals surface area contributed by atoms with Crippen LogP contribution in [0.2, 0.25) is 0 Å². The molecule has 2 heteroatoms. The van der Waals surface area contributed by atoms with Crippen LogP contribution in [-0.4, -0.2) is 12.5 Å². The average molecular weight is 358 g/mol. The van der Waals surface area contributed by atoms with Gasteiger partial charge in [-0.1, -0.05) is 94.0 Å². The van der Waals surface area contributed by atoms with Crippen LogP contribution in [0, 0.1) is 0 Å². The van der Waals surface area contributed by atoms with Gasteiger partial charge in [0.15, 0.2) is 5.90 Å². The SMILES string of the molecule is C=CCOC(CC)=Nc1c(C(C)(C)C)cc(C(C)(C)C)cc1C(C)(C)C. The molecular formula is C24H39NO. The molecule has 146 valence electrons. The molecule has 0 heterocycles. The first-order chi connectivity index (χ1) is 11.7. The highest BCUT2D eigenvalue weighted by molar-refractivity contribution is 5.81. The molecule has 0 aliphatic heterocycles. The van der Waals surface area contributed by atoms with Crippen LogP contribution in [-0.2, 0) is 21.0 Å². The van der Waals surface area contributed by atoms with Crippen LogP contribution in [0.1, 0.15) is 92.3 Å². The molecule has 0 bridgehead atoms. The summed E-state index contributed by atoms with van der Waals surface area (Å²) >= 11 is 0. The molecule has 0 aliphatic rings. The van der Waals surface area contributed by atoms with E-state index in [1.165, 1.54) is 16.7 Å². The van der Waals surface area contributed by atoms with E-state index in [1.54, 1.807) is 6.08 Å². The topological polar surface area (TPSA) is 21.6 Å². The van der Waals surface area contributed by atoms with E-state index in [0.29, 0.717) is 6.61 Å². The third-order valence-electron chi connectivity index (χ3n) is 4.50. The maximum atomic E-state index is 5.81. The lowest BCUT2D eigenvalue weighted by molar-refractivity contribution is 0.341. The fraction of sp³-hybridized carbons (Fsp3) is 0.625. The summed E-state index contributed by atoms with van der Waals surface area (Å²) in [7, 11) is 0. The van der Waals surface area contributed by atoms with Crippen molar-refractivity contribution in [1.29, 1.82) is 0 Å². The summed E-state index contributed by atoms with van der Waals surface area (Å²) in [6.45, 7) is 26.7. The molecule has 0 fully saturated rings.